The Morgan fingerprint density at radius 1 is 1.50 bits per heavy atom. The molecular weight excluding hydrogens is 276 g/mol. The fourth-order valence-electron chi connectivity index (χ4n) is 2.84. The minimum Gasteiger partial charge on any atom is -0.476 e. The van der Waals surface area contributed by atoms with E-state index in [0.29, 0.717) is 12.5 Å². The zero-order valence-corrected chi connectivity index (χ0v) is 11.1. The van der Waals surface area contributed by atoms with E-state index >= 15 is 0 Å². The van der Waals surface area contributed by atoms with E-state index < -0.39 is 16.0 Å². The molecule has 1 N–H and O–H groups in total. The molecule has 2 fully saturated rings. The maximum atomic E-state index is 12.4. The Morgan fingerprint density at radius 3 is 2.83 bits per heavy atom. The molecule has 2 heterocycles. The molecule has 1 saturated carbocycles. The SMILES string of the molecule is O=C(O)c1ncsc1S(=O)(=O)N1CC2CCC1C2. The van der Waals surface area contributed by atoms with Crippen LogP contribution >= 0.6 is 11.3 Å². The quantitative estimate of drug-likeness (QED) is 0.897. The van der Waals surface area contributed by atoms with Crippen molar-refractivity contribution in [2.75, 3.05) is 6.54 Å². The van der Waals surface area contributed by atoms with Gasteiger partial charge in [-0.3, -0.25) is 0 Å². The van der Waals surface area contributed by atoms with Crippen LogP contribution in [0.25, 0.3) is 0 Å². The van der Waals surface area contributed by atoms with E-state index in [2.05, 4.69) is 4.98 Å². The molecule has 18 heavy (non-hydrogen) atoms. The Bertz CT molecular complexity index is 595. The molecule has 2 atom stereocenters. The normalized spacial score (nSPS) is 27.8. The first-order valence-corrected chi connectivity index (χ1v) is 8.00. The summed E-state index contributed by atoms with van der Waals surface area (Å²) >= 11 is 0.877. The fourth-order valence-corrected chi connectivity index (χ4v) is 5.84. The van der Waals surface area contributed by atoms with Crippen molar-refractivity contribution >= 4 is 27.3 Å². The number of carboxylic acid groups (broad SMARTS) is 1. The van der Waals surface area contributed by atoms with Gasteiger partial charge in [0.1, 0.15) is 0 Å². The number of carboxylic acids is 1. The highest BCUT2D eigenvalue weighted by molar-refractivity contribution is 7.91. The molecule has 0 spiro atoms. The van der Waals surface area contributed by atoms with Gasteiger partial charge in [-0.1, -0.05) is 0 Å². The molecule has 2 unspecified atom stereocenters. The third kappa shape index (κ3) is 1.67. The van der Waals surface area contributed by atoms with Crippen molar-refractivity contribution in [2.45, 2.75) is 29.5 Å². The zero-order chi connectivity index (χ0) is 12.9. The van der Waals surface area contributed by atoms with Crippen LogP contribution in [-0.2, 0) is 10.0 Å². The van der Waals surface area contributed by atoms with Gasteiger partial charge in [0.05, 0.1) is 5.51 Å². The van der Waals surface area contributed by atoms with Crippen LogP contribution in [0.1, 0.15) is 29.8 Å². The number of hydrogen-bond donors (Lipinski definition) is 1. The van der Waals surface area contributed by atoms with Gasteiger partial charge in [-0.2, -0.15) is 4.31 Å². The molecule has 1 aliphatic carbocycles. The van der Waals surface area contributed by atoms with Crippen molar-refractivity contribution in [3.63, 3.8) is 0 Å². The number of rotatable bonds is 3. The van der Waals surface area contributed by atoms with Crippen LogP contribution in [0.3, 0.4) is 0 Å². The zero-order valence-electron chi connectivity index (χ0n) is 9.44. The highest BCUT2D eigenvalue weighted by Crippen LogP contribution is 2.41. The average molecular weight is 288 g/mol. The van der Waals surface area contributed by atoms with E-state index in [9.17, 15) is 13.2 Å². The van der Waals surface area contributed by atoms with Gasteiger partial charge in [-0.05, 0) is 25.2 Å². The van der Waals surface area contributed by atoms with Crippen LogP contribution in [0.2, 0.25) is 0 Å². The van der Waals surface area contributed by atoms with Gasteiger partial charge in [0.25, 0.3) is 10.0 Å². The Hall–Kier alpha value is -0.990. The summed E-state index contributed by atoms with van der Waals surface area (Å²) in [6.45, 7) is 0.518. The molecule has 2 bridgehead atoms. The Labute approximate surface area is 108 Å². The molecule has 1 aromatic heterocycles. The van der Waals surface area contributed by atoms with E-state index in [-0.39, 0.29) is 15.9 Å². The van der Waals surface area contributed by atoms with E-state index in [1.54, 1.807) is 0 Å². The Morgan fingerprint density at radius 2 is 2.28 bits per heavy atom. The predicted octanol–water partition coefficient (Wildman–Crippen LogP) is 1.01. The highest BCUT2D eigenvalue weighted by Gasteiger charge is 2.45. The smallest absolute Gasteiger partial charge is 0.356 e. The Kier molecular flexibility index (Phi) is 2.68. The van der Waals surface area contributed by atoms with E-state index in [0.717, 1.165) is 30.6 Å². The van der Waals surface area contributed by atoms with Gasteiger partial charge in [0.15, 0.2) is 9.90 Å². The number of piperidine rings is 1. The lowest BCUT2D eigenvalue weighted by Gasteiger charge is -2.25. The number of sulfonamides is 1. The van der Waals surface area contributed by atoms with Crippen molar-refractivity contribution in [3.05, 3.63) is 11.2 Å². The van der Waals surface area contributed by atoms with E-state index in [1.165, 1.54) is 9.82 Å². The lowest BCUT2D eigenvalue weighted by Crippen LogP contribution is -2.37. The third-order valence-corrected chi connectivity index (χ3v) is 6.90. The summed E-state index contributed by atoms with van der Waals surface area (Å²) in [5, 5.41) is 8.95. The van der Waals surface area contributed by atoms with Gasteiger partial charge in [0, 0.05) is 12.6 Å². The van der Waals surface area contributed by atoms with Crippen LogP contribution in [0.4, 0.5) is 0 Å². The molecule has 1 aromatic rings. The highest BCUT2D eigenvalue weighted by atomic mass is 32.2. The summed E-state index contributed by atoms with van der Waals surface area (Å²) in [7, 11) is -3.69. The topological polar surface area (TPSA) is 87.6 Å². The molecule has 0 radical (unpaired) electrons. The van der Waals surface area contributed by atoms with Gasteiger partial charge < -0.3 is 5.11 Å². The summed E-state index contributed by atoms with van der Waals surface area (Å²) < 4.78 is 26.2. The van der Waals surface area contributed by atoms with Gasteiger partial charge in [-0.15, -0.1) is 11.3 Å². The first kappa shape index (κ1) is 12.1. The number of thiazole rings is 1. The van der Waals surface area contributed by atoms with Crippen LogP contribution in [-0.4, -0.2) is 41.4 Å². The lowest BCUT2D eigenvalue weighted by molar-refractivity contribution is 0.0687. The lowest BCUT2D eigenvalue weighted by atomic mass is 10.1. The maximum absolute atomic E-state index is 12.4. The minimum absolute atomic E-state index is 0.0451. The predicted molar refractivity (Wildman–Crippen MR) is 64.1 cm³/mol. The van der Waals surface area contributed by atoms with Crippen LogP contribution in [0.15, 0.2) is 9.72 Å². The van der Waals surface area contributed by atoms with Crippen LogP contribution in [0, 0.1) is 5.92 Å². The first-order valence-electron chi connectivity index (χ1n) is 5.69. The molecule has 8 heteroatoms. The largest absolute Gasteiger partial charge is 0.476 e. The second-order valence-electron chi connectivity index (χ2n) is 4.70. The van der Waals surface area contributed by atoms with E-state index in [1.807, 2.05) is 0 Å². The van der Waals surface area contributed by atoms with Crippen molar-refractivity contribution in [1.29, 1.82) is 0 Å². The van der Waals surface area contributed by atoms with Crippen molar-refractivity contribution in [3.8, 4) is 0 Å². The van der Waals surface area contributed by atoms with Crippen molar-refractivity contribution in [2.24, 2.45) is 5.92 Å². The summed E-state index contributed by atoms with van der Waals surface area (Å²) in [6.07, 6.45) is 2.86. The second-order valence-corrected chi connectivity index (χ2v) is 7.64. The number of carbonyl (C=O) groups is 1. The molecule has 1 saturated heterocycles. The fraction of sp³-hybridized carbons (Fsp3) is 0.600. The number of fused-ring (bicyclic) bond motifs is 2. The number of nitrogens with zero attached hydrogens (tertiary/aromatic N) is 2. The van der Waals surface area contributed by atoms with Crippen LogP contribution in [0.5, 0.6) is 0 Å². The number of hydrogen-bond acceptors (Lipinski definition) is 5. The minimum atomic E-state index is -3.69. The maximum Gasteiger partial charge on any atom is 0.356 e. The first-order chi connectivity index (χ1) is 8.50. The molecule has 1 aliphatic heterocycles. The van der Waals surface area contributed by atoms with Crippen molar-refractivity contribution < 1.29 is 18.3 Å². The number of aromatic carboxylic acids is 1. The molecule has 0 aromatic carbocycles. The number of aromatic nitrogens is 1. The molecule has 0 amide bonds. The standard InChI is InChI=1S/C10H12N2O4S2/c13-9(14)8-10(17-5-11-8)18(15,16)12-4-6-1-2-7(12)3-6/h5-7H,1-4H2,(H,13,14). The van der Waals surface area contributed by atoms with Gasteiger partial charge in [0.2, 0.25) is 0 Å². The molecule has 98 valence electrons. The molecule has 3 rings (SSSR count). The van der Waals surface area contributed by atoms with Gasteiger partial charge >= 0.3 is 5.97 Å². The van der Waals surface area contributed by atoms with E-state index in [4.69, 9.17) is 5.11 Å². The van der Waals surface area contributed by atoms with Crippen molar-refractivity contribution in [1.82, 2.24) is 9.29 Å². The third-order valence-electron chi connectivity index (χ3n) is 3.64. The molecular formula is C10H12N2O4S2. The van der Waals surface area contributed by atoms with Crippen LogP contribution < -0.4 is 0 Å². The molecule has 6 nitrogen and oxygen atoms in total. The monoisotopic (exact) mass is 288 g/mol. The summed E-state index contributed by atoms with van der Waals surface area (Å²) in [4.78, 5) is 14.6. The molecule has 2 aliphatic rings. The Balaban J connectivity index is 2.00. The second kappa shape index (κ2) is 4.01. The summed E-state index contributed by atoms with van der Waals surface area (Å²) in [5.74, 6) is -0.856. The van der Waals surface area contributed by atoms with Gasteiger partial charge in [-0.25, -0.2) is 18.2 Å². The summed E-state index contributed by atoms with van der Waals surface area (Å²) in [5.41, 5.74) is 0.910. The average Bonchev–Trinajstić information content (AvgIpc) is 3.04. The summed E-state index contributed by atoms with van der Waals surface area (Å²) in [6, 6.07) is 0.0451.